The first-order valence-corrected chi connectivity index (χ1v) is 9.14. The van der Waals surface area contributed by atoms with Gasteiger partial charge in [0.1, 0.15) is 5.82 Å². The van der Waals surface area contributed by atoms with Crippen molar-refractivity contribution in [2.45, 2.75) is 26.0 Å². The van der Waals surface area contributed by atoms with Crippen LogP contribution in [0.3, 0.4) is 0 Å². The zero-order valence-corrected chi connectivity index (χ0v) is 16.0. The van der Waals surface area contributed by atoms with Gasteiger partial charge in [-0.1, -0.05) is 15.9 Å². The van der Waals surface area contributed by atoms with Gasteiger partial charge >= 0.3 is 0 Å². The van der Waals surface area contributed by atoms with Gasteiger partial charge < -0.3 is 20.5 Å². The molecule has 0 radical (unpaired) electrons. The van der Waals surface area contributed by atoms with Gasteiger partial charge in [-0.2, -0.15) is 10.2 Å². The van der Waals surface area contributed by atoms with Crippen molar-refractivity contribution in [1.29, 1.82) is 5.26 Å². The smallest absolute Gasteiger partial charge is 0.229 e. The van der Waals surface area contributed by atoms with Crippen LogP contribution in [0, 0.1) is 24.2 Å². The van der Waals surface area contributed by atoms with Gasteiger partial charge in [0.2, 0.25) is 5.95 Å². The van der Waals surface area contributed by atoms with Gasteiger partial charge in [0.15, 0.2) is 0 Å². The molecule has 0 aliphatic carbocycles. The number of rotatable bonds is 5. The summed E-state index contributed by atoms with van der Waals surface area (Å²) >= 11 is 3.40. The monoisotopic (exact) mass is 417 g/mol. The molecule has 1 aromatic carbocycles. The number of anilines is 3. The van der Waals surface area contributed by atoms with E-state index in [-0.39, 0.29) is 18.6 Å². The molecule has 2 aromatic rings. The molecule has 0 amide bonds. The minimum atomic E-state index is -0.104. The lowest BCUT2D eigenvalue weighted by Crippen LogP contribution is -2.38. The number of nitrogens with one attached hydrogen (secondary N) is 2. The van der Waals surface area contributed by atoms with E-state index in [1.54, 1.807) is 6.20 Å². The maximum atomic E-state index is 9.38. The first-order valence-electron chi connectivity index (χ1n) is 8.34. The van der Waals surface area contributed by atoms with Gasteiger partial charge in [0, 0.05) is 28.5 Å². The van der Waals surface area contributed by atoms with Crippen LogP contribution in [-0.2, 0) is 11.3 Å². The molecule has 0 spiro atoms. The number of nitriles is 1. The Bertz CT molecular complexity index is 824. The summed E-state index contributed by atoms with van der Waals surface area (Å²) in [5, 5.41) is 25.2. The van der Waals surface area contributed by atoms with E-state index in [1.807, 2.05) is 25.1 Å². The van der Waals surface area contributed by atoms with Gasteiger partial charge in [-0.25, -0.2) is 4.98 Å². The van der Waals surface area contributed by atoms with Crippen molar-refractivity contribution in [3.8, 4) is 6.07 Å². The summed E-state index contributed by atoms with van der Waals surface area (Å²) in [6.07, 6.45) is 2.45. The van der Waals surface area contributed by atoms with Crippen molar-refractivity contribution < 1.29 is 9.84 Å². The maximum absolute atomic E-state index is 9.38. The summed E-state index contributed by atoms with van der Waals surface area (Å²) in [6, 6.07) is 7.81. The first-order chi connectivity index (χ1) is 12.6. The molecule has 7 nitrogen and oxygen atoms in total. The quantitative estimate of drug-likeness (QED) is 0.686. The Labute approximate surface area is 160 Å². The molecule has 136 valence electrons. The van der Waals surface area contributed by atoms with E-state index in [9.17, 15) is 10.4 Å². The molecule has 1 aliphatic rings. The number of aromatic nitrogens is 2. The average molecular weight is 418 g/mol. The van der Waals surface area contributed by atoms with Crippen LogP contribution < -0.4 is 10.6 Å². The molecule has 2 atom stereocenters. The highest BCUT2D eigenvalue weighted by atomic mass is 79.9. The van der Waals surface area contributed by atoms with Crippen LogP contribution in [0.5, 0.6) is 0 Å². The van der Waals surface area contributed by atoms with E-state index in [4.69, 9.17) is 4.74 Å². The predicted molar refractivity (Wildman–Crippen MR) is 102 cm³/mol. The Morgan fingerprint density at radius 2 is 2.31 bits per heavy atom. The standard InChI is InChI=1S/C18H20BrN5O2/c1-11-8-21-18(22-14-2-3-15(19)13(6-14)9-25)24-17(11)23-16-10-26-5-4-12(16)7-20/h2-3,6,8,12,16,25H,4-5,9-10H2,1H3,(H2,21,22,23,24)/t12?,16-/m0/s1. The average Bonchev–Trinajstić information content (AvgIpc) is 2.66. The Balaban J connectivity index is 1.78. The van der Waals surface area contributed by atoms with E-state index in [1.165, 1.54) is 0 Å². The first kappa shape index (κ1) is 18.6. The highest BCUT2D eigenvalue weighted by Crippen LogP contribution is 2.25. The van der Waals surface area contributed by atoms with E-state index in [0.29, 0.717) is 31.4 Å². The van der Waals surface area contributed by atoms with Crippen LogP contribution in [0.4, 0.5) is 17.5 Å². The fourth-order valence-electron chi connectivity index (χ4n) is 2.76. The van der Waals surface area contributed by atoms with E-state index in [2.05, 4.69) is 42.6 Å². The molecule has 0 saturated carbocycles. The van der Waals surface area contributed by atoms with E-state index >= 15 is 0 Å². The number of aryl methyl sites for hydroxylation is 1. The third kappa shape index (κ3) is 4.30. The van der Waals surface area contributed by atoms with Crippen LogP contribution in [0.25, 0.3) is 0 Å². The molecule has 1 aliphatic heterocycles. The molecule has 1 fully saturated rings. The molecule has 0 bridgehead atoms. The number of benzene rings is 1. The summed E-state index contributed by atoms with van der Waals surface area (Å²) in [6.45, 7) is 2.95. The van der Waals surface area contributed by atoms with Crippen molar-refractivity contribution in [3.63, 3.8) is 0 Å². The van der Waals surface area contributed by atoms with Gasteiger partial charge in [0.25, 0.3) is 0 Å². The molecule has 1 saturated heterocycles. The van der Waals surface area contributed by atoms with Crippen molar-refractivity contribution in [3.05, 3.63) is 40.0 Å². The molecule has 3 rings (SSSR count). The molecule has 1 unspecified atom stereocenters. The summed E-state index contributed by atoms with van der Waals surface area (Å²) in [5.74, 6) is 1.01. The second-order valence-corrected chi connectivity index (χ2v) is 7.02. The Hall–Kier alpha value is -2.21. The molecule has 26 heavy (non-hydrogen) atoms. The molecule has 8 heteroatoms. The Kier molecular flexibility index (Phi) is 6.04. The molecule has 3 N–H and O–H groups in total. The number of halogens is 1. The zero-order valence-electron chi connectivity index (χ0n) is 14.4. The van der Waals surface area contributed by atoms with Crippen LogP contribution in [0.2, 0.25) is 0 Å². The van der Waals surface area contributed by atoms with Crippen molar-refractivity contribution in [2.24, 2.45) is 5.92 Å². The third-order valence-electron chi connectivity index (χ3n) is 4.29. The van der Waals surface area contributed by atoms with Gasteiger partial charge in [-0.3, -0.25) is 0 Å². The molecule has 1 aromatic heterocycles. The number of nitrogens with zero attached hydrogens (tertiary/aromatic N) is 3. The second-order valence-electron chi connectivity index (χ2n) is 6.16. The lowest BCUT2D eigenvalue weighted by molar-refractivity contribution is 0.0698. The SMILES string of the molecule is Cc1cnc(Nc2ccc(Br)c(CO)c2)nc1N[C@H]1COCCC1C#N. The third-order valence-corrected chi connectivity index (χ3v) is 5.06. The van der Waals surface area contributed by atoms with Gasteiger partial charge in [-0.15, -0.1) is 0 Å². The second kappa shape index (κ2) is 8.45. The number of ether oxygens (including phenoxy) is 1. The molecular weight excluding hydrogens is 398 g/mol. The van der Waals surface area contributed by atoms with Gasteiger partial charge in [-0.05, 0) is 37.1 Å². The number of aliphatic hydroxyl groups excluding tert-OH is 1. The normalized spacial score (nSPS) is 19.6. The van der Waals surface area contributed by atoms with Crippen LogP contribution in [0.15, 0.2) is 28.9 Å². The zero-order chi connectivity index (χ0) is 18.5. The van der Waals surface area contributed by atoms with Crippen molar-refractivity contribution in [1.82, 2.24) is 9.97 Å². The highest BCUT2D eigenvalue weighted by Gasteiger charge is 2.26. The molecular formula is C18H20BrN5O2. The maximum Gasteiger partial charge on any atom is 0.229 e. The number of hydrogen-bond acceptors (Lipinski definition) is 7. The van der Waals surface area contributed by atoms with Crippen LogP contribution >= 0.6 is 15.9 Å². The number of aliphatic hydroxyl groups is 1. The molecule has 2 heterocycles. The Morgan fingerprint density at radius 3 is 3.08 bits per heavy atom. The fourth-order valence-corrected chi connectivity index (χ4v) is 3.13. The van der Waals surface area contributed by atoms with Crippen molar-refractivity contribution in [2.75, 3.05) is 23.8 Å². The highest BCUT2D eigenvalue weighted by molar-refractivity contribution is 9.10. The van der Waals surface area contributed by atoms with Gasteiger partial charge in [0.05, 0.1) is 31.2 Å². The predicted octanol–water partition coefficient (Wildman–Crippen LogP) is 3.12. The minimum absolute atomic E-state index is 0.0606. The Morgan fingerprint density at radius 1 is 1.46 bits per heavy atom. The fraction of sp³-hybridized carbons (Fsp3) is 0.389. The number of hydrogen-bond donors (Lipinski definition) is 3. The lowest BCUT2D eigenvalue weighted by atomic mass is 9.96. The minimum Gasteiger partial charge on any atom is -0.392 e. The van der Waals surface area contributed by atoms with E-state index < -0.39 is 0 Å². The van der Waals surface area contributed by atoms with Crippen LogP contribution in [0.1, 0.15) is 17.5 Å². The summed E-state index contributed by atoms with van der Waals surface area (Å²) in [7, 11) is 0. The summed E-state index contributed by atoms with van der Waals surface area (Å²) < 4.78 is 6.33. The topological polar surface area (TPSA) is 103 Å². The lowest BCUT2D eigenvalue weighted by Gasteiger charge is -2.28. The largest absolute Gasteiger partial charge is 0.392 e. The van der Waals surface area contributed by atoms with Crippen LogP contribution in [-0.4, -0.2) is 34.3 Å². The summed E-state index contributed by atoms with van der Waals surface area (Å²) in [5.41, 5.74) is 2.45. The van der Waals surface area contributed by atoms with Crippen molar-refractivity contribution >= 4 is 33.4 Å². The summed E-state index contributed by atoms with van der Waals surface area (Å²) in [4.78, 5) is 8.85. The van der Waals surface area contributed by atoms with E-state index in [0.717, 1.165) is 21.3 Å².